The molecule has 1 aromatic rings. The van der Waals surface area contributed by atoms with Crippen molar-refractivity contribution in [2.24, 2.45) is 0 Å². The first-order chi connectivity index (χ1) is 19.9. The van der Waals surface area contributed by atoms with Gasteiger partial charge in [0.25, 0.3) is 0 Å². The monoisotopic (exact) mass is 768 g/mol. The summed E-state index contributed by atoms with van der Waals surface area (Å²) in [6.45, 7) is 2.52. The van der Waals surface area contributed by atoms with Gasteiger partial charge < -0.3 is 0 Å². The van der Waals surface area contributed by atoms with Crippen LogP contribution >= 0.6 is 27.3 Å². The van der Waals surface area contributed by atoms with Crippen LogP contribution in [0.5, 0.6) is 0 Å². The van der Waals surface area contributed by atoms with Gasteiger partial charge in [-0.2, -0.15) is 8.61 Å². The van der Waals surface area contributed by atoms with Crippen molar-refractivity contribution >= 4 is 52.0 Å². The van der Waals surface area contributed by atoms with Gasteiger partial charge in [-0.05, 0) is 55.5 Å². The van der Waals surface area contributed by atoms with Crippen LogP contribution in [0.25, 0.3) is 0 Å². The summed E-state index contributed by atoms with van der Waals surface area (Å²) in [5.74, 6) is 0. The van der Waals surface area contributed by atoms with Crippen molar-refractivity contribution in [2.75, 3.05) is 25.6 Å². The summed E-state index contributed by atoms with van der Waals surface area (Å²) in [6, 6.07) is 9.89. The molecule has 3 saturated carbocycles. The van der Waals surface area contributed by atoms with Gasteiger partial charge in [0.1, 0.15) is 0 Å². The van der Waals surface area contributed by atoms with E-state index in [0.29, 0.717) is 7.92 Å². The summed E-state index contributed by atoms with van der Waals surface area (Å²) >= 11 is -1.61. The molecule has 0 N–H and O–H groups in total. The molecule has 0 atom stereocenters. The van der Waals surface area contributed by atoms with Crippen LogP contribution in [-0.2, 0) is 33.6 Å². The second kappa shape index (κ2) is 18.6. The van der Waals surface area contributed by atoms with E-state index >= 15 is 0 Å². The van der Waals surface area contributed by atoms with Crippen molar-refractivity contribution in [3.63, 3.8) is 0 Å². The zero-order valence-corrected chi connectivity index (χ0v) is 30.9. The van der Waals surface area contributed by atoms with Crippen LogP contribution in [0.4, 0.5) is 0 Å². The Morgan fingerprint density at radius 1 is 0.690 bits per heavy atom. The normalized spacial score (nSPS) is 22.5. The summed E-state index contributed by atoms with van der Waals surface area (Å²) in [6.07, 6.45) is 25.6. The number of hydrogen-bond donors (Lipinski definition) is 0. The standard InChI is InChI=1S/C18H33P.C7H6.C5H10N2O4S2.2ClH.Ru/c1-4-10-16(11-5-1)19(17-12-6-2-7-13-17)18-14-8-3-9-15-18;1-7-5-3-2-4-6-7;1-12(8,9)6-3-4-7(5-6)13(2,10)11;;;/h16-18H,1-15H2;1-6H;3-4H2,1-2H3;2*1H;/q;;;;;+2/p-2. The van der Waals surface area contributed by atoms with Gasteiger partial charge in [-0.3, -0.25) is 0 Å². The van der Waals surface area contributed by atoms with Gasteiger partial charge in [-0.1, -0.05) is 65.7 Å². The molecule has 0 spiro atoms. The fourth-order valence-electron chi connectivity index (χ4n) is 6.53. The van der Waals surface area contributed by atoms with E-state index in [1.54, 1.807) is 77.0 Å². The first-order valence-electron chi connectivity index (χ1n) is 15.3. The van der Waals surface area contributed by atoms with Crippen molar-refractivity contribution < 1.29 is 30.4 Å². The van der Waals surface area contributed by atoms with E-state index in [1.165, 1.54) is 36.2 Å². The molecule has 3 aliphatic carbocycles. The van der Waals surface area contributed by atoms with Crippen molar-refractivity contribution in [2.45, 2.75) is 113 Å². The summed E-state index contributed by atoms with van der Waals surface area (Å²) in [4.78, 5) is 0. The van der Waals surface area contributed by atoms with Gasteiger partial charge in [-0.25, -0.2) is 16.8 Å². The Labute approximate surface area is 270 Å². The molecule has 1 saturated heterocycles. The molecule has 12 heteroatoms. The molecule has 4 fully saturated rings. The predicted octanol–water partition coefficient (Wildman–Crippen LogP) is 7.75. The van der Waals surface area contributed by atoms with Crippen LogP contribution in [0, 0.1) is 6.67 Å². The molecule has 0 unspecified atom stereocenters. The predicted molar refractivity (Wildman–Crippen MR) is 177 cm³/mol. The Morgan fingerprint density at radius 3 is 1.33 bits per heavy atom. The van der Waals surface area contributed by atoms with E-state index in [2.05, 4.69) is 6.67 Å². The van der Waals surface area contributed by atoms with Crippen molar-refractivity contribution in [1.82, 2.24) is 8.61 Å². The van der Waals surface area contributed by atoms with Gasteiger partial charge in [0.2, 0.25) is 20.0 Å². The van der Waals surface area contributed by atoms with Crippen LogP contribution in [0.3, 0.4) is 0 Å². The molecule has 1 aromatic carbocycles. The molecule has 4 aliphatic rings. The van der Waals surface area contributed by atoms with E-state index in [1.807, 2.05) is 34.9 Å². The van der Waals surface area contributed by atoms with Crippen LogP contribution in [-0.4, -0.2) is 72.6 Å². The second-order valence-electron chi connectivity index (χ2n) is 11.8. The van der Waals surface area contributed by atoms with E-state index in [4.69, 9.17) is 19.4 Å². The van der Waals surface area contributed by atoms with Crippen LogP contribution < -0.4 is 0 Å². The minimum atomic E-state index is -3.38. The molecular weight excluding hydrogens is 719 g/mol. The molecule has 5 rings (SSSR count). The Hall–Kier alpha value is 0.543. The molecular formula is C30H49Cl2N2O4PRuS2. The molecule has 0 amide bonds. The van der Waals surface area contributed by atoms with Crippen LogP contribution in [0.1, 0.15) is 102 Å². The number of halogens is 2. The minimum absolute atomic E-state index is 0.131. The number of sulfonamides is 2. The molecule has 6 nitrogen and oxygen atoms in total. The van der Waals surface area contributed by atoms with E-state index < -0.39 is 33.6 Å². The summed E-state index contributed by atoms with van der Waals surface area (Å²) < 4.78 is 47.5. The molecule has 0 aromatic heterocycles. The number of rotatable bonds is 6. The van der Waals surface area contributed by atoms with Gasteiger partial charge in [0, 0.05) is 13.1 Å². The zero-order valence-electron chi connectivity index (χ0n) is 25.1. The maximum atomic E-state index is 10.9. The Bertz CT molecular complexity index is 1090. The number of nitrogens with zero attached hydrogens (tertiary/aromatic N) is 2. The summed E-state index contributed by atoms with van der Waals surface area (Å²) in [5.41, 5.74) is 4.69. The zero-order chi connectivity index (χ0) is 30.6. The number of hydrogen-bond acceptors (Lipinski definition) is 4. The van der Waals surface area contributed by atoms with Gasteiger partial charge in [0.05, 0.1) is 12.5 Å². The van der Waals surface area contributed by atoms with Gasteiger partial charge in [-0.15, -0.1) is 0 Å². The fourth-order valence-corrected chi connectivity index (χ4v) is 14.4. The van der Waals surface area contributed by atoms with Crippen molar-refractivity contribution in [1.29, 1.82) is 0 Å². The third-order valence-electron chi connectivity index (χ3n) is 8.51. The molecule has 0 bridgehead atoms. The third kappa shape index (κ3) is 13.1. The average Bonchev–Trinajstić information content (AvgIpc) is 3.49. The van der Waals surface area contributed by atoms with E-state index in [-0.39, 0.29) is 13.1 Å². The number of benzene rings is 1. The summed E-state index contributed by atoms with van der Waals surface area (Å²) in [5, 5.41) is 0. The molecule has 1 aliphatic heterocycles. The summed E-state index contributed by atoms with van der Waals surface area (Å²) in [7, 11) is 4.96. The fraction of sp³-hybridized carbons (Fsp3) is 0.733. The first-order valence-corrected chi connectivity index (χ1v) is 26.0. The van der Waals surface area contributed by atoms with Crippen LogP contribution in [0.2, 0.25) is 0 Å². The van der Waals surface area contributed by atoms with Gasteiger partial charge >= 0.3 is 73.4 Å². The van der Waals surface area contributed by atoms with Crippen molar-refractivity contribution in [3.05, 3.63) is 42.6 Å². The SMILES string of the molecule is C1CCC(P(C2CCCCC2)C2CCCCC2)CC1.CS(=O)(=O)N1[C]N(S(C)(=O)=O)CC1.[Cl][Ru]([Cl])=[CH]c1ccccc1. The molecule has 42 heavy (non-hydrogen) atoms. The third-order valence-corrected chi connectivity index (χ3v) is 16.6. The molecule has 242 valence electrons. The molecule has 2 radical (unpaired) electrons. The average molecular weight is 769 g/mol. The van der Waals surface area contributed by atoms with Crippen molar-refractivity contribution in [3.8, 4) is 0 Å². The Balaban J connectivity index is 0.000000184. The second-order valence-corrected chi connectivity index (χ2v) is 24.4. The quantitative estimate of drug-likeness (QED) is 0.219. The topological polar surface area (TPSA) is 74.8 Å². The maximum absolute atomic E-state index is 10.9. The van der Waals surface area contributed by atoms with E-state index in [9.17, 15) is 16.8 Å². The van der Waals surface area contributed by atoms with Gasteiger partial charge in [0.15, 0.2) is 6.67 Å². The van der Waals surface area contributed by atoms with E-state index in [0.717, 1.165) is 26.7 Å². The van der Waals surface area contributed by atoms with Crippen LogP contribution in [0.15, 0.2) is 30.3 Å². The Morgan fingerprint density at radius 2 is 1.05 bits per heavy atom. The molecule has 1 heterocycles. The first kappa shape index (κ1) is 37.0. The Kier molecular flexibility index (Phi) is 16.4.